The van der Waals surface area contributed by atoms with Crippen molar-refractivity contribution in [2.75, 3.05) is 27.4 Å². The number of non-ortho nitro benzene ring substituents is 1. The fourth-order valence-electron chi connectivity index (χ4n) is 5.02. The van der Waals surface area contributed by atoms with Gasteiger partial charge in [-0.3, -0.25) is 29.6 Å². The van der Waals surface area contributed by atoms with Crippen LogP contribution in [0.5, 0.6) is 28.7 Å². The van der Waals surface area contributed by atoms with E-state index in [1.165, 1.54) is 25.0 Å². The molecule has 0 amide bonds. The maximum absolute atomic E-state index is 14.0. The Morgan fingerprint density at radius 1 is 0.980 bits per heavy atom. The molecule has 0 spiro atoms. The highest BCUT2D eigenvalue weighted by molar-refractivity contribution is 9.10. The lowest BCUT2D eigenvalue weighted by Gasteiger charge is -2.23. The number of aromatic nitrogens is 1. The molecule has 1 atom stereocenters. The zero-order valence-electron chi connectivity index (χ0n) is 26.3. The van der Waals surface area contributed by atoms with Crippen LogP contribution in [0.1, 0.15) is 31.0 Å². The summed E-state index contributed by atoms with van der Waals surface area (Å²) >= 11 is 4.50. The Morgan fingerprint density at radius 3 is 2.35 bits per heavy atom. The maximum atomic E-state index is 14.0. The van der Waals surface area contributed by atoms with Gasteiger partial charge in [0.25, 0.3) is 11.2 Å². The Morgan fingerprint density at radius 2 is 1.69 bits per heavy atom. The molecule has 0 N–H and O–H groups in total. The first-order valence-corrected chi connectivity index (χ1v) is 16.1. The topological polar surface area (TPSA) is 184 Å². The highest BCUT2D eigenvalue weighted by Gasteiger charge is 2.32. The van der Waals surface area contributed by atoms with Crippen LogP contribution in [0.3, 0.4) is 0 Å². The van der Waals surface area contributed by atoms with E-state index in [1.807, 2.05) is 13.8 Å². The molecule has 0 aliphatic carbocycles. The number of ether oxygens (including phenoxy) is 5. The van der Waals surface area contributed by atoms with Gasteiger partial charge in [-0.05, 0) is 77.3 Å². The summed E-state index contributed by atoms with van der Waals surface area (Å²) in [5.74, 6) is 0.250. The Bertz CT molecular complexity index is 2200. The Labute approximate surface area is 289 Å². The van der Waals surface area contributed by atoms with Crippen molar-refractivity contribution in [3.8, 4) is 28.7 Å². The predicted molar refractivity (Wildman–Crippen MR) is 180 cm³/mol. The van der Waals surface area contributed by atoms with Gasteiger partial charge in [0.05, 0.1) is 64.0 Å². The molecule has 5 rings (SSSR count). The number of benzene rings is 3. The summed E-state index contributed by atoms with van der Waals surface area (Å²) < 4.78 is 29.8. The third-order valence-electron chi connectivity index (χ3n) is 7.12. The number of fused-ring (bicyclic) bond motifs is 1. The van der Waals surface area contributed by atoms with Crippen LogP contribution in [-0.4, -0.2) is 47.8 Å². The molecule has 254 valence electrons. The largest absolute Gasteiger partial charge is 0.493 e. The highest BCUT2D eigenvalue weighted by Crippen LogP contribution is 2.43. The third kappa shape index (κ3) is 7.02. The number of carbonyl (C=O) groups excluding carboxylic acids is 1. The Balaban J connectivity index is 1.59. The monoisotopic (exact) mass is 754 g/mol. The van der Waals surface area contributed by atoms with Crippen molar-refractivity contribution in [3.05, 3.63) is 116 Å². The average molecular weight is 756 g/mol. The van der Waals surface area contributed by atoms with Crippen LogP contribution in [0, 0.1) is 20.2 Å². The zero-order chi connectivity index (χ0) is 35.4. The van der Waals surface area contributed by atoms with E-state index in [-0.39, 0.29) is 27.4 Å². The first-order valence-electron chi connectivity index (χ1n) is 14.5. The van der Waals surface area contributed by atoms with Gasteiger partial charge < -0.3 is 23.7 Å². The van der Waals surface area contributed by atoms with E-state index in [0.29, 0.717) is 45.1 Å². The Kier molecular flexibility index (Phi) is 10.4. The number of carbonyl (C=O) groups is 1. The number of hydrogen-bond donors (Lipinski definition) is 0. The van der Waals surface area contributed by atoms with E-state index >= 15 is 0 Å². The maximum Gasteiger partial charge on any atom is 0.337 e. The molecule has 1 aromatic heterocycles. The summed E-state index contributed by atoms with van der Waals surface area (Å²) in [5.41, 5.74) is -0.332. The second kappa shape index (κ2) is 14.7. The summed E-state index contributed by atoms with van der Waals surface area (Å²) in [6.07, 6.45) is 2.98. The first-order chi connectivity index (χ1) is 23.5. The van der Waals surface area contributed by atoms with Crippen molar-refractivity contribution in [1.29, 1.82) is 0 Å². The van der Waals surface area contributed by atoms with Gasteiger partial charge in [0.2, 0.25) is 5.75 Å². The number of thiazole rings is 1. The van der Waals surface area contributed by atoms with E-state index in [1.54, 1.807) is 36.4 Å². The fourth-order valence-corrected chi connectivity index (χ4v) is 6.53. The minimum absolute atomic E-state index is 0.0568. The molecule has 0 saturated heterocycles. The summed E-state index contributed by atoms with van der Waals surface area (Å²) in [5, 5.41) is 22.8. The molecule has 1 aliphatic heterocycles. The van der Waals surface area contributed by atoms with E-state index in [4.69, 9.17) is 23.7 Å². The molecule has 4 aromatic rings. The summed E-state index contributed by atoms with van der Waals surface area (Å²) in [6.45, 7) is 4.45. The number of halogens is 1. The molecule has 49 heavy (non-hydrogen) atoms. The van der Waals surface area contributed by atoms with Crippen molar-refractivity contribution < 1.29 is 38.3 Å². The molecule has 1 aliphatic rings. The standard InChI is InChI=1S/C32H27BrN4O11S/c1-5-46-24-9-7-18(14-25(24)47-6-2)28-20(31(39)45-4)16-34-32-35(28)30(38)27(49-32)13-17-11-21(33)29(26(12-17)44-3)48-23-10-8-19(36(40)41)15-22(23)37(42)43/h7-16,28H,5-6H2,1-4H3/b27-13-/t28-/m1/s1. The lowest BCUT2D eigenvalue weighted by molar-refractivity contribution is -0.394. The van der Waals surface area contributed by atoms with Gasteiger partial charge in [-0.25, -0.2) is 9.79 Å². The number of hydrogen-bond acceptors (Lipinski definition) is 13. The van der Waals surface area contributed by atoms with Gasteiger partial charge in [-0.1, -0.05) is 17.4 Å². The molecule has 0 fully saturated rings. The van der Waals surface area contributed by atoms with Gasteiger partial charge in [0.1, 0.15) is 0 Å². The summed E-state index contributed by atoms with van der Waals surface area (Å²) in [7, 11) is 2.60. The smallest absolute Gasteiger partial charge is 0.337 e. The van der Waals surface area contributed by atoms with E-state index in [2.05, 4.69) is 20.9 Å². The first kappa shape index (κ1) is 34.8. The second-order valence-corrected chi connectivity index (χ2v) is 11.9. The lowest BCUT2D eigenvalue weighted by atomic mass is 9.97. The van der Waals surface area contributed by atoms with Crippen LogP contribution in [-0.2, 0) is 9.53 Å². The lowest BCUT2D eigenvalue weighted by Crippen LogP contribution is -2.39. The van der Waals surface area contributed by atoms with Gasteiger partial charge in [0.15, 0.2) is 27.8 Å². The molecule has 2 heterocycles. The molecule has 15 nitrogen and oxygen atoms in total. The highest BCUT2D eigenvalue weighted by atomic mass is 79.9. The quantitative estimate of drug-likeness (QED) is 0.105. The molecule has 0 unspecified atom stereocenters. The van der Waals surface area contributed by atoms with Crippen molar-refractivity contribution in [2.24, 2.45) is 4.99 Å². The average Bonchev–Trinajstić information content (AvgIpc) is 3.40. The van der Waals surface area contributed by atoms with Gasteiger partial charge in [0, 0.05) is 12.3 Å². The molecular weight excluding hydrogens is 728 g/mol. The molecule has 17 heteroatoms. The second-order valence-electron chi connectivity index (χ2n) is 10.1. The number of nitrogens with zero attached hydrogens (tertiary/aromatic N) is 4. The third-order valence-corrected chi connectivity index (χ3v) is 8.71. The van der Waals surface area contributed by atoms with E-state index < -0.39 is 38.8 Å². The molecule has 0 bridgehead atoms. The zero-order valence-corrected chi connectivity index (χ0v) is 28.7. The molecule has 3 aromatic carbocycles. The van der Waals surface area contributed by atoms with Crippen LogP contribution in [0.15, 0.2) is 74.6 Å². The number of nitro benzene ring substituents is 2. The summed E-state index contributed by atoms with van der Waals surface area (Å²) in [4.78, 5) is 52.9. The van der Waals surface area contributed by atoms with Crippen LogP contribution in [0.4, 0.5) is 11.4 Å². The van der Waals surface area contributed by atoms with Gasteiger partial charge in [-0.2, -0.15) is 0 Å². The SMILES string of the molecule is CCOc1ccc([C@@H]2C(C(=O)OC)=CN=c3s/c(=C\c4cc(Br)c(Oc5ccc([N+](=O)[O-])cc5[N+](=O)[O-])c(OC)c4)c(=O)n32)cc1OCC. The van der Waals surface area contributed by atoms with E-state index in [9.17, 15) is 29.8 Å². The van der Waals surface area contributed by atoms with Crippen LogP contribution < -0.4 is 33.8 Å². The number of methoxy groups -OCH3 is 2. The van der Waals surface area contributed by atoms with Crippen molar-refractivity contribution in [1.82, 2.24) is 4.57 Å². The molecule has 0 saturated carbocycles. The number of rotatable bonds is 12. The van der Waals surface area contributed by atoms with E-state index in [0.717, 1.165) is 29.5 Å². The molecule has 0 radical (unpaired) electrons. The predicted octanol–water partition coefficient (Wildman–Crippen LogP) is 5.20. The number of esters is 1. The van der Waals surface area contributed by atoms with Gasteiger partial charge in [-0.15, -0.1) is 0 Å². The van der Waals surface area contributed by atoms with Crippen LogP contribution in [0.25, 0.3) is 6.08 Å². The minimum atomic E-state index is -0.893. The Hall–Kier alpha value is -5.55. The van der Waals surface area contributed by atoms with Crippen molar-refractivity contribution >= 4 is 50.7 Å². The van der Waals surface area contributed by atoms with Crippen LogP contribution >= 0.6 is 27.3 Å². The van der Waals surface area contributed by atoms with Crippen molar-refractivity contribution in [2.45, 2.75) is 19.9 Å². The minimum Gasteiger partial charge on any atom is -0.493 e. The normalized spacial score (nSPS) is 13.9. The summed E-state index contributed by atoms with van der Waals surface area (Å²) in [6, 6.07) is 10.4. The van der Waals surface area contributed by atoms with Gasteiger partial charge >= 0.3 is 11.7 Å². The fraction of sp³-hybridized carbons (Fsp3) is 0.219. The molecular formula is C32H27BrN4O11S. The van der Waals surface area contributed by atoms with Crippen molar-refractivity contribution in [3.63, 3.8) is 0 Å². The number of nitro groups is 2. The van der Waals surface area contributed by atoms with Crippen LogP contribution in [0.2, 0.25) is 0 Å².